The van der Waals surface area contributed by atoms with E-state index in [-0.39, 0.29) is 0 Å². The fraction of sp³-hybridized carbons (Fsp3) is 0.294. The molecule has 0 fully saturated rings. The minimum atomic E-state index is 0.637. The maximum absolute atomic E-state index is 5.45. The van der Waals surface area contributed by atoms with Crippen molar-refractivity contribution in [2.75, 3.05) is 18.0 Å². The van der Waals surface area contributed by atoms with Crippen LogP contribution in [0.2, 0.25) is 0 Å². The molecule has 4 nitrogen and oxygen atoms in total. The molecule has 2 heterocycles. The predicted molar refractivity (Wildman–Crippen MR) is 85.5 cm³/mol. The van der Waals surface area contributed by atoms with Gasteiger partial charge in [-0.2, -0.15) is 0 Å². The molecular weight excluding hydrogens is 262 g/mol. The van der Waals surface area contributed by atoms with Gasteiger partial charge in [-0.1, -0.05) is 11.6 Å². The van der Waals surface area contributed by atoms with E-state index in [1.165, 1.54) is 5.56 Å². The summed E-state index contributed by atoms with van der Waals surface area (Å²) in [5.41, 5.74) is 2.16. The second kappa shape index (κ2) is 5.56. The molecule has 0 N–H and O–H groups in total. The third-order valence-corrected chi connectivity index (χ3v) is 3.64. The van der Waals surface area contributed by atoms with Gasteiger partial charge in [0.1, 0.15) is 5.82 Å². The summed E-state index contributed by atoms with van der Waals surface area (Å²) < 4.78 is 5.45. The number of nitrogens with zero attached hydrogens (tertiary/aromatic N) is 3. The van der Waals surface area contributed by atoms with Gasteiger partial charge in [0.2, 0.25) is 0 Å². The van der Waals surface area contributed by atoms with Crippen LogP contribution in [0.1, 0.15) is 19.4 Å². The molecule has 0 bridgehead atoms. The number of anilines is 1. The fourth-order valence-corrected chi connectivity index (χ4v) is 2.51. The summed E-state index contributed by atoms with van der Waals surface area (Å²) in [5, 5.41) is 1.09. The normalized spacial score (nSPS) is 11.0. The van der Waals surface area contributed by atoms with E-state index in [2.05, 4.69) is 42.8 Å². The van der Waals surface area contributed by atoms with Gasteiger partial charge in [-0.3, -0.25) is 0 Å². The summed E-state index contributed by atoms with van der Waals surface area (Å²) in [6.07, 6.45) is 1.65. The molecule has 108 valence electrons. The number of aryl methyl sites for hydroxylation is 1. The van der Waals surface area contributed by atoms with Crippen LogP contribution in [0.25, 0.3) is 22.5 Å². The first-order valence-electron chi connectivity index (χ1n) is 7.30. The number of fused-ring (bicyclic) bond motifs is 1. The average Bonchev–Trinajstić information content (AvgIpc) is 3.03. The van der Waals surface area contributed by atoms with Gasteiger partial charge in [-0.05, 0) is 45.0 Å². The topological polar surface area (TPSA) is 42.2 Å². The largest absolute Gasteiger partial charge is 0.461 e. The monoisotopic (exact) mass is 281 g/mol. The van der Waals surface area contributed by atoms with Crippen molar-refractivity contribution < 1.29 is 4.42 Å². The molecule has 0 saturated carbocycles. The lowest BCUT2D eigenvalue weighted by Gasteiger charge is -2.22. The number of aromatic nitrogens is 2. The molecular formula is C17H19N3O. The predicted octanol–water partition coefficient (Wildman–Crippen LogP) is 4.04. The Labute approximate surface area is 124 Å². The first kappa shape index (κ1) is 13.6. The molecule has 0 aliphatic carbocycles. The van der Waals surface area contributed by atoms with Crippen LogP contribution in [-0.4, -0.2) is 23.1 Å². The summed E-state index contributed by atoms with van der Waals surface area (Å²) in [6, 6.07) is 10.0. The summed E-state index contributed by atoms with van der Waals surface area (Å²) in [4.78, 5) is 11.6. The lowest BCUT2D eigenvalue weighted by Crippen LogP contribution is -2.23. The van der Waals surface area contributed by atoms with Gasteiger partial charge in [-0.15, -0.1) is 0 Å². The Balaban J connectivity index is 2.27. The highest BCUT2D eigenvalue weighted by molar-refractivity contribution is 5.91. The van der Waals surface area contributed by atoms with Crippen molar-refractivity contribution in [3.63, 3.8) is 0 Å². The Morgan fingerprint density at radius 1 is 1.10 bits per heavy atom. The smallest absolute Gasteiger partial charge is 0.198 e. The van der Waals surface area contributed by atoms with Crippen molar-refractivity contribution in [3.8, 4) is 11.6 Å². The number of hydrogen-bond acceptors (Lipinski definition) is 4. The van der Waals surface area contributed by atoms with Crippen molar-refractivity contribution in [3.05, 3.63) is 42.2 Å². The maximum atomic E-state index is 5.45. The van der Waals surface area contributed by atoms with E-state index in [9.17, 15) is 0 Å². The van der Waals surface area contributed by atoms with Crippen molar-refractivity contribution in [2.24, 2.45) is 0 Å². The Kier molecular flexibility index (Phi) is 3.60. The van der Waals surface area contributed by atoms with Gasteiger partial charge in [0.25, 0.3) is 0 Å². The first-order chi connectivity index (χ1) is 10.2. The van der Waals surface area contributed by atoms with Crippen LogP contribution < -0.4 is 4.90 Å². The Morgan fingerprint density at radius 2 is 1.90 bits per heavy atom. The fourth-order valence-electron chi connectivity index (χ4n) is 2.51. The molecule has 2 aromatic heterocycles. The summed E-state index contributed by atoms with van der Waals surface area (Å²) in [7, 11) is 0. The van der Waals surface area contributed by atoms with Crippen LogP contribution in [0.5, 0.6) is 0 Å². The van der Waals surface area contributed by atoms with E-state index in [0.29, 0.717) is 11.6 Å². The van der Waals surface area contributed by atoms with Crippen molar-refractivity contribution >= 4 is 16.7 Å². The minimum absolute atomic E-state index is 0.637. The highest BCUT2D eigenvalue weighted by Gasteiger charge is 2.14. The van der Waals surface area contributed by atoms with Gasteiger partial charge in [0.15, 0.2) is 11.6 Å². The van der Waals surface area contributed by atoms with E-state index in [1.54, 1.807) is 6.26 Å². The molecule has 21 heavy (non-hydrogen) atoms. The number of rotatable bonds is 4. The van der Waals surface area contributed by atoms with Gasteiger partial charge in [0, 0.05) is 18.5 Å². The standard InChI is InChI=1S/C17H19N3O/c1-4-20(5-2)17-13-11-12(3)8-9-14(13)18-16(19-17)15-7-6-10-21-15/h6-11H,4-5H2,1-3H3. The van der Waals surface area contributed by atoms with E-state index in [0.717, 1.165) is 29.8 Å². The molecule has 0 unspecified atom stereocenters. The second-order valence-corrected chi connectivity index (χ2v) is 5.04. The molecule has 0 amide bonds. The second-order valence-electron chi connectivity index (χ2n) is 5.04. The molecule has 0 saturated heterocycles. The van der Waals surface area contributed by atoms with Crippen LogP contribution in [-0.2, 0) is 0 Å². The van der Waals surface area contributed by atoms with Crippen molar-refractivity contribution in [1.82, 2.24) is 9.97 Å². The van der Waals surface area contributed by atoms with Crippen LogP contribution in [0.3, 0.4) is 0 Å². The van der Waals surface area contributed by atoms with Gasteiger partial charge in [-0.25, -0.2) is 9.97 Å². The highest BCUT2D eigenvalue weighted by atomic mass is 16.3. The van der Waals surface area contributed by atoms with Crippen molar-refractivity contribution in [2.45, 2.75) is 20.8 Å². The molecule has 0 aliphatic heterocycles. The Bertz CT molecular complexity index is 746. The molecule has 0 atom stereocenters. The first-order valence-corrected chi connectivity index (χ1v) is 7.30. The molecule has 3 rings (SSSR count). The SMILES string of the molecule is CCN(CC)c1nc(-c2ccco2)nc2ccc(C)cc12. The van der Waals surface area contributed by atoms with Gasteiger partial charge < -0.3 is 9.32 Å². The summed E-state index contributed by atoms with van der Waals surface area (Å²) in [6.45, 7) is 8.19. The van der Waals surface area contributed by atoms with Gasteiger partial charge >= 0.3 is 0 Å². The quantitative estimate of drug-likeness (QED) is 0.723. The van der Waals surface area contributed by atoms with E-state index >= 15 is 0 Å². The molecule has 0 radical (unpaired) electrons. The van der Waals surface area contributed by atoms with Crippen LogP contribution in [0, 0.1) is 6.92 Å². The highest BCUT2D eigenvalue weighted by Crippen LogP contribution is 2.28. The van der Waals surface area contributed by atoms with Crippen LogP contribution in [0.15, 0.2) is 41.0 Å². The molecule has 3 aromatic rings. The lowest BCUT2D eigenvalue weighted by atomic mass is 10.1. The van der Waals surface area contributed by atoms with Gasteiger partial charge in [0.05, 0.1) is 11.8 Å². The summed E-state index contributed by atoms with van der Waals surface area (Å²) >= 11 is 0. The zero-order valence-corrected chi connectivity index (χ0v) is 12.6. The zero-order valence-electron chi connectivity index (χ0n) is 12.6. The molecule has 1 aromatic carbocycles. The minimum Gasteiger partial charge on any atom is -0.461 e. The summed E-state index contributed by atoms with van der Waals surface area (Å²) in [5.74, 6) is 2.31. The maximum Gasteiger partial charge on any atom is 0.198 e. The molecule has 0 spiro atoms. The number of benzene rings is 1. The Hall–Kier alpha value is -2.36. The molecule has 0 aliphatic rings. The lowest BCUT2D eigenvalue weighted by molar-refractivity contribution is 0.577. The van der Waals surface area contributed by atoms with E-state index in [4.69, 9.17) is 9.40 Å². The van der Waals surface area contributed by atoms with Crippen LogP contribution >= 0.6 is 0 Å². The van der Waals surface area contributed by atoms with Crippen LogP contribution in [0.4, 0.5) is 5.82 Å². The third-order valence-electron chi connectivity index (χ3n) is 3.64. The average molecular weight is 281 g/mol. The Morgan fingerprint density at radius 3 is 2.57 bits per heavy atom. The zero-order chi connectivity index (χ0) is 14.8. The number of hydrogen-bond donors (Lipinski definition) is 0. The number of furan rings is 1. The third kappa shape index (κ3) is 2.49. The van der Waals surface area contributed by atoms with E-state index < -0.39 is 0 Å². The molecule has 4 heteroatoms. The van der Waals surface area contributed by atoms with E-state index in [1.807, 2.05) is 18.2 Å². The van der Waals surface area contributed by atoms with Crippen molar-refractivity contribution in [1.29, 1.82) is 0 Å².